The maximum absolute atomic E-state index is 12.5. The van der Waals surface area contributed by atoms with E-state index in [4.69, 9.17) is 9.47 Å². The van der Waals surface area contributed by atoms with Crippen LogP contribution in [-0.2, 0) is 11.2 Å². The lowest BCUT2D eigenvalue weighted by Crippen LogP contribution is -2.14. The normalized spacial score (nSPS) is 11.1. The van der Waals surface area contributed by atoms with Crippen molar-refractivity contribution >= 4 is 54.1 Å². The van der Waals surface area contributed by atoms with Crippen molar-refractivity contribution in [2.24, 2.45) is 0 Å². The number of aromatic nitrogens is 2. The summed E-state index contributed by atoms with van der Waals surface area (Å²) < 4.78 is 12.7. The Labute approximate surface area is 163 Å². The minimum absolute atomic E-state index is 0.127. The molecule has 0 bridgehead atoms. The van der Waals surface area contributed by atoms with Crippen LogP contribution in [0.5, 0.6) is 11.5 Å². The SMILES string of the molecule is COc1ccc(CC(=O)Nc2nc3ccc4nc(C)sc4c3s2)cc1OC. The molecule has 2 aromatic heterocycles. The molecule has 138 valence electrons. The van der Waals surface area contributed by atoms with E-state index in [-0.39, 0.29) is 12.3 Å². The molecular formula is C19H17N3O3S2. The molecule has 0 aliphatic carbocycles. The van der Waals surface area contributed by atoms with Crippen LogP contribution < -0.4 is 14.8 Å². The summed E-state index contributed by atoms with van der Waals surface area (Å²) >= 11 is 3.12. The van der Waals surface area contributed by atoms with E-state index in [0.29, 0.717) is 16.6 Å². The van der Waals surface area contributed by atoms with Gasteiger partial charge in [0.1, 0.15) is 0 Å². The van der Waals surface area contributed by atoms with Crippen LogP contribution in [0, 0.1) is 6.92 Å². The van der Waals surface area contributed by atoms with Gasteiger partial charge in [-0.15, -0.1) is 11.3 Å². The van der Waals surface area contributed by atoms with Crippen LogP contribution in [0.2, 0.25) is 0 Å². The van der Waals surface area contributed by atoms with Gasteiger partial charge in [0.05, 0.1) is 46.1 Å². The number of methoxy groups -OCH3 is 2. The number of anilines is 1. The van der Waals surface area contributed by atoms with Crippen LogP contribution in [0.3, 0.4) is 0 Å². The molecule has 1 amide bonds. The Balaban J connectivity index is 1.55. The number of rotatable bonds is 5. The van der Waals surface area contributed by atoms with E-state index in [1.165, 1.54) is 11.3 Å². The minimum atomic E-state index is -0.127. The number of fused-ring (bicyclic) bond motifs is 3. The molecule has 4 rings (SSSR count). The summed E-state index contributed by atoms with van der Waals surface area (Å²) in [7, 11) is 3.16. The van der Waals surface area contributed by atoms with E-state index in [1.807, 2.05) is 25.1 Å². The number of benzene rings is 2. The van der Waals surface area contributed by atoms with Gasteiger partial charge in [-0.25, -0.2) is 9.97 Å². The molecule has 2 heterocycles. The molecular weight excluding hydrogens is 382 g/mol. The first-order chi connectivity index (χ1) is 13.1. The third-order valence-electron chi connectivity index (χ3n) is 4.08. The van der Waals surface area contributed by atoms with Gasteiger partial charge in [-0.05, 0) is 36.8 Å². The summed E-state index contributed by atoms with van der Waals surface area (Å²) in [6, 6.07) is 9.36. The predicted octanol–water partition coefficient (Wildman–Crippen LogP) is 4.41. The van der Waals surface area contributed by atoms with E-state index in [0.717, 1.165) is 31.0 Å². The number of nitrogens with one attached hydrogen (secondary N) is 1. The zero-order valence-electron chi connectivity index (χ0n) is 15.0. The molecule has 1 N–H and O–H groups in total. The number of hydrogen-bond acceptors (Lipinski definition) is 7. The number of carbonyl (C=O) groups is 1. The van der Waals surface area contributed by atoms with Gasteiger partial charge in [0.2, 0.25) is 5.91 Å². The molecule has 0 fully saturated rings. The van der Waals surface area contributed by atoms with Crippen molar-refractivity contribution in [3.8, 4) is 11.5 Å². The summed E-state index contributed by atoms with van der Waals surface area (Å²) in [4.78, 5) is 21.5. The molecule has 0 saturated carbocycles. The molecule has 8 heteroatoms. The average Bonchev–Trinajstić information content (AvgIpc) is 3.23. The first-order valence-electron chi connectivity index (χ1n) is 8.25. The summed E-state index contributed by atoms with van der Waals surface area (Å²) in [6.45, 7) is 1.99. The first kappa shape index (κ1) is 17.7. The van der Waals surface area contributed by atoms with Gasteiger partial charge in [0.15, 0.2) is 16.6 Å². The highest BCUT2D eigenvalue weighted by Gasteiger charge is 2.14. The van der Waals surface area contributed by atoms with Crippen molar-refractivity contribution in [2.45, 2.75) is 13.3 Å². The number of amides is 1. The van der Waals surface area contributed by atoms with Crippen LogP contribution in [0.25, 0.3) is 20.4 Å². The zero-order valence-corrected chi connectivity index (χ0v) is 16.7. The van der Waals surface area contributed by atoms with Crippen molar-refractivity contribution in [1.82, 2.24) is 9.97 Å². The van der Waals surface area contributed by atoms with Crippen molar-refractivity contribution < 1.29 is 14.3 Å². The van der Waals surface area contributed by atoms with Gasteiger partial charge in [0, 0.05) is 0 Å². The van der Waals surface area contributed by atoms with Gasteiger partial charge >= 0.3 is 0 Å². The molecule has 27 heavy (non-hydrogen) atoms. The van der Waals surface area contributed by atoms with Crippen molar-refractivity contribution in [1.29, 1.82) is 0 Å². The fraction of sp³-hybridized carbons (Fsp3) is 0.211. The Morgan fingerprint density at radius 2 is 1.70 bits per heavy atom. The van der Waals surface area contributed by atoms with E-state index in [2.05, 4.69) is 15.3 Å². The topological polar surface area (TPSA) is 73.3 Å². The zero-order chi connectivity index (χ0) is 19.0. The second-order valence-corrected chi connectivity index (χ2v) is 8.13. The standard InChI is InChI=1S/C19H17N3O3S2/c1-10-20-12-5-6-13-18(17(12)26-10)27-19(21-13)22-16(23)9-11-4-7-14(24-2)15(8-11)25-3/h4-8H,9H2,1-3H3,(H,21,22,23). The molecule has 0 radical (unpaired) electrons. The highest BCUT2D eigenvalue weighted by atomic mass is 32.1. The van der Waals surface area contributed by atoms with Gasteiger partial charge in [-0.3, -0.25) is 4.79 Å². The molecule has 0 spiro atoms. The maximum atomic E-state index is 12.5. The van der Waals surface area contributed by atoms with Crippen LogP contribution in [0.15, 0.2) is 30.3 Å². The van der Waals surface area contributed by atoms with E-state index in [1.54, 1.807) is 37.7 Å². The lowest BCUT2D eigenvalue weighted by atomic mass is 10.1. The van der Waals surface area contributed by atoms with Crippen molar-refractivity contribution in [3.05, 3.63) is 40.9 Å². The molecule has 4 aromatic rings. The number of thiazole rings is 2. The average molecular weight is 399 g/mol. The molecule has 0 aliphatic rings. The fourth-order valence-corrected chi connectivity index (χ4v) is 4.90. The van der Waals surface area contributed by atoms with Gasteiger partial charge in [-0.1, -0.05) is 17.4 Å². The highest BCUT2D eigenvalue weighted by molar-refractivity contribution is 7.28. The quantitative estimate of drug-likeness (QED) is 0.538. The fourth-order valence-electron chi connectivity index (χ4n) is 2.88. The lowest BCUT2D eigenvalue weighted by Gasteiger charge is -2.09. The number of hydrogen-bond donors (Lipinski definition) is 1. The predicted molar refractivity (Wildman–Crippen MR) is 109 cm³/mol. The minimum Gasteiger partial charge on any atom is -0.493 e. The lowest BCUT2D eigenvalue weighted by molar-refractivity contribution is -0.115. The largest absolute Gasteiger partial charge is 0.493 e. The second kappa shape index (κ2) is 7.13. The second-order valence-electron chi connectivity index (χ2n) is 5.93. The molecule has 6 nitrogen and oxygen atoms in total. The van der Waals surface area contributed by atoms with E-state index >= 15 is 0 Å². The monoisotopic (exact) mass is 399 g/mol. The molecule has 0 unspecified atom stereocenters. The number of nitrogens with zero attached hydrogens (tertiary/aromatic N) is 2. The Hall–Kier alpha value is -2.71. The third kappa shape index (κ3) is 3.45. The summed E-state index contributed by atoms with van der Waals surface area (Å²) in [5, 5.41) is 4.51. The van der Waals surface area contributed by atoms with Crippen LogP contribution in [0.4, 0.5) is 5.13 Å². The van der Waals surface area contributed by atoms with E-state index in [9.17, 15) is 4.79 Å². The van der Waals surface area contributed by atoms with Crippen LogP contribution in [0.1, 0.15) is 10.6 Å². The van der Waals surface area contributed by atoms with Gasteiger partial charge < -0.3 is 14.8 Å². The number of ether oxygens (including phenoxy) is 2. The summed E-state index contributed by atoms with van der Waals surface area (Å²) in [5.41, 5.74) is 2.68. The molecule has 0 aliphatic heterocycles. The smallest absolute Gasteiger partial charge is 0.230 e. The maximum Gasteiger partial charge on any atom is 0.230 e. The summed E-state index contributed by atoms with van der Waals surface area (Å²) in [6.07, 6.45) is 0.228. The molecule has 0 saturated heterocycles. The van der Waals surface area contributed by atoms with Crippen LogP contribution in [-0.4, -0.2) is 30.1 Å². The molecule has 0 atom stereocenters. The Bertz CT molecular complexity index is 1150. The van der Waals surface area contributed by atoms with Gasteiger partial charge in [0.25, 0.3) is 0 Å². The summed E-state index contributed by atoms with van der Waals surface area (Å²) in [5.74, 6) is 1.11. The number of carbonyl (C=O) groups excluding carboxylic acids is 1. The molecule has 2 aromatic carbocycles. The first-order valence-corrected chi connectivity index (χ1v) is 9.88. The Kier molecular flexibility index (Phi) is 4.67. The highest BCUT2D eigenvalue weighted by Crippen LogP contribution is 2.36. The van der Waals surface area contributed by atoms with Crippen LogP contribution >= 0.6 is 22.7 Å². The third-order valence-corrected chi connectivity index (χ3v) is 6.22. The Morgan fingerprint density at radius 3 is 2.44 bits per heavy atom. The Morgan fingerprint density at radius 1 is 1.00 bits per heavy atom. The van der Waals surface area contributed by atoms with Gasteiger partial charge in [-0.2, -0.15) is 0 Å². The van der Waals surface area contributed by atoms with Crippen molar-refractivity contribution in [3.63, 3.8) is 0 Å². The van der Waals surface area contributed by atoms with Crippen molar-refractivity contribution in [2.75, 3.05) is 19.5 Å². The number of aryl methyl sites for hydroxylation is 1. The van der Waals surface area contributed by atoms with E-state index < -0.39 is 0 Å².